The number of amides is 2. The highest BCUT2D eigenvalue weighted by atomic mass is 32.2. The van der Waals surface area contributed by atoms with E-state index in [1.165, 1.54) is 6.07 Å². The topological polar surface area (TPSA) is 108 Å². The van der Waals surface area contributed by atoms with Gasteiger partial charge in [-0.05, 0) is 37.3 Å². The summed E-state index contributed by atoms with van der Waals surface area (Å²) in [5.41, 5.74) is 0.997. The zero-order valence-electron chi connectivity index (χ0n) is 17.8. The van der Waals surface area contributed by atoms with Gasteiger partial charge in [0.25, 0.3) is 15.9 Å². The van der Waals surface area contributed by atoms with Crippen LogP contribution in [0.25, 0.3) is 0 Å². The lowest BCUT2D eigenvalue weighted by Crippen LogP contribution is -2.52. The molecule has 2 aromatic carbocycles. The van der Waals surface area contributed by atoms with Crippen molar-refractivity contribution >= 4 is 27.7 Å². The zero-order valence-corrected chi connectivity index (χ0v) is 18.6. The minimum absolute atomic E-state index is 0.110. The van der Waals surface area contributed by atoms with Crippen LogP contribution >= 0.6 is 0 Å². The average molecular weight is 457 g/mol. The molecule has 2 aliphatic rings. The Morgan fingerprint density at radius 2 is 1.72 bits per heavy atom. The zero-order chi connectivity index (χ0) is 22.9. The van der Waals surface area contributed by atoms with Gasteiger partial charge in [0.05, 0.1) is 12.0 Å². The third kappa shape index (κ3) is 4.18. The number of hydrogen-bond acceptors (Lipinski definition) is 6. The van der Waals surface area contributed by atoms with E-state index in [-0.39, 0.29) is 22.5 Å². The molecule has 0 aromatic heterocycles. The Morgan fingerprint density at radius 3 is 2.44 bits per heavy atom. The maximum Gasteiger partial charge on any atom is 0.263 e. The summed E-state index contributed by atoms with van der Waals surface area (Å²) in [7, 11) is -2.11. The Morgan fingerprint density at radius 1 is 1.03 bits per heavy atom. The van der Waals surface area contributed by atoms with Crippen molar-refractivity contribution in [1.82, 2.24) is 14.5 Å². The number of benzene rings is 2. The highest BCUT2D eigenvalue weighted by Gasteiger charge is 2.32. The van der Waals surface area contributed by atoms with Crippen LogP contribution in [0.4, 0.5) is 0 Å². The van der Waals surface area contributed by atoms with Crippen LogP contribution in [0.15, 0.2) is 58.4 Å². The van der Waals surface area contributed by atoms with Gasteiger partial charge in [-0.1, -0.05) is 18.2 Å². The number of rotatable bonds is 4. The molecule has 1 saturated heterocycles. The number of hydrogen-bond donors (Lipinski definition) is 1. The minimum Gasteiger partial charge on any atom is -0.497 e. The summed E-state index contributed by atoms with van der Waals surface area (Å²) in [6.45, 7) is 3.21. The van der Waals surface area contributed by atoms with Crippen LogP contribution in [0, 0.1) is 0 Å². The molecule has 0 spiro atoms. The largest absolute Gasteiger partial charge is 0.497 e. The first-order valence-electron chi connectivity index (χ1n) is 10.2. The van der Waals surface area contributed by atoms with Crippen LogP contribution < -0.4 is 9.46 Å². The van der Waals surface area contributed by atoms with Gasteiger partial charge in [0.1, 0.15) is 17.6 Å². The number of nitrogens with zero attached hydrogens (tertiary/aromatic N) is 3. The molecule has 10 heteroatoms. The maximum atomic E-state index is 12.9. The fourth-order valence-corrected chi connectivity index (χ4v) is 5.05. The fourth-order valence-electron chi connectivity index (χ4n) is 3.81. The summed E-state index contributed by atoms with van der Waals surface area (Å²) in [4.78, 5) is 33.5. The van der Waals surface area contributed by atoms with Crippen molar-refractivity contribution in [2.24, 2.45) is 4.99 Å². The summed E-state index contributed by atoms with van der Waals surface area (Å²) in [5.74, 6) is 0.464. The maximum absolute atomic E-state index is 12.9. The molecule has 32 heavy (non-hydrogen) atoms. The predicted octanol–water partition coefficient (Wildman–Crippen LogP) is 1.11. The van der Waals surface area contributed by atoms with Crippen LogP contribution in [0.2, 0.25) is 0 Å². The van der Waals surface area contributed by atoms with Crippen molar-refractivity contribution in [1.29, 1.82) is 0 Å². The van der Waals surface area contributed by atoms with E-state index in [1.54, 1.807) is 66.3 Å². The molecule has 2 heterocycles. The summed E-state index contributed by atoms with van der Waals surface area (Å²) in [6, 6.07) is 12.7. The lowest BCUT2D eigenvalue weighted by molar-refractivity contribution is -0.133. The van der Waals surface area contributed by atoms with Gasteiger partial charge in [0.2, 0.25) is 5.91 Å². The van der Waals surface area contributed by atoms with Gasteiger partial charge in [-0.2, -0.15) is 0 Å². The molecule has 0 aliphatic carbocycles. The molecule has 2 aromatic rings. The van der Waals surface area contributed by atoms with Crippen LogP contribution in [0.1, 0.15) is 22.8 Å². The van der Waals surface area contributed by atoms with Crippen LogP contribution in [0.5, 0.6) is 5.75 Å². The molecule has 1 fully saturated rings. The molecule has 1 atom stereocenters. The van der Waals surface area contributed by atoms with Gasteiger partial charge >= 0.3 is 0 Å². The molecule has 168 valence electrons. The number of fused-ring (bicyclic) bond motifs is 1. The van der Waals surface area contributed by atoms with E-state index in [0.717, 1.165) is 0 Å². The third-order valence-electron chi connectivity index (χ3n) is 5.54. The Balaban J connectivity index is 1.40. The summed E-state index contributed by atoms with van der Waals surface area (Å²) in [6.07, 6.45) is 0. The first-order valence-corrected chi connectivity index (χ1v) is 11.7. The van der Waals surface area contributed by atoms with Crippen LogP contribution in [-0.2, 0) is 14.8 Å². The molecule has 2 amide bonds. The van der Waals surface area contributed by atoms with E-state index in [4.69, 9.17) is 4.74 Å². The van der Waals surface area contributed by atoms with Crippen molar-refractivity contribution in [2.75, 3.05) is 33.3 Å². The van der Waals surface area contributed by atoms with E-state index in [0.29, 0.717) is 43.1 Å². The number of nitrogens with one attached hydrogen (secondary N) is 1. The smallest absolute Gasteiger partial charge is 0.263 e. The van der Waals surface area contributed by atoms with Crippen molar-refractivity contribution in [3.05, 3.63) is 59.7 Å². The molecule has 0 unspecified atom stereocenters. The van der Waals surface area contributed by atoms with Gasteiger partial charge in [-0.15, -0.1) is 0 Å². The Hall–Kier alpha value is -3.40. The minimum atomic E-state index is -3.66. The first kappa shape index (κ1) is 21.8. The molecule has 4 rings (SSSR count). The third-order valence-corrected chi connectivity index (χ3v) is 6.94. The quantitative estimate of drug-likeness (QED) is 0.741. The normalized spacial score (nSPS) is 19.2. The SMILES string of the molecule is COc1cccc(C(=O)N2CCN(C(=O)[C@H](C)N=C3NS(=O)(=O)c4ccccc43)CC2)c1. The van der Waals surface area contributed by atoms with Gasteiger partial charge in [0, 0.05) is 37.3 Å². The highest BCUT2D eigenvalue weighted by molar-refractivity contribution is 7.90. The van der Waals surface area contributed by atoms with Crippen molar-refractivity contribution < 1.29 is 22.7 Å². The fraction of sp³-hybridized carbons (Fsp3) is 0.318. The first-order chi connectivity index (χ1) is 15.3. The Bertz CT molecular complexity index is 1190. The van der Waals surface area contributed by atoms with E-state index in [2.05, 4.69) is 9.71 Å². The molecule has 2 aliphatic heterocycles. The van der Waals surface area contributed by atoms with E-state index in [9.17, 15) is 18.0 Å². The molecule has 0 radical (unpaired) electrons. The standard InChI is InChI=1S/C22H24N4O5S/c1-15(23-20-18-8-3-4-9-19(18)32(29,30)24-20)21(27)25-10-12-26(13-11-25)22(28)16-6-5-7-17(14-16)31-2/h3-9,14-15H,10-13H2,1-2H3,(H,23,24)/t15-/m0/s1. The number of sulfonamides is 1. The number of carbonyl (C=O) groups excluding carboxylic acids is 2. The highest BCUT2D eigenvalue weighted by Crippen LogP contribution is 2.23. The number of ether oxygens (including phenoxy) is 1. The number of carbonyl (C=O) groups is 2. The molecule has 0 saturated carbocycles. The Kier molecular flexibility index (Phi) is 5.88. The number of methoxy groups -OCH3 is 1. The summed E-state index contributed by atoms with van der Waals surface area (Å²) >= 11 is 0. The number of amidine groups is 1. The average Bonchev–Trinajstić information content (AvgIpc) is 3.08. The Labute approximate surface area is 186 Å². The summed E-state index contributed by atoms with van der Waals surface area (Å²) in [5, 5.41) is 0. The second-order valence-corrected chi connectivity index (χ2v) is 9.26. The van der Waals surface area contributed by atoms with Crippen molar-refractivity contribution in [2.45, 2.75) is 17.9 Å². The van der Waals surface area contributed by atoms with Gasteiger partial charge in [-0.3, -0.25) is 19.3 Å². The van der Waals surface area contributed by atoms with Crippen molar-refractivity contribution in [3.63, 3.8) is 0 Å². The van der Waals surface area contributed by atoms with Gasteiger partial charge < -0.3 is 14.5 Å². The monoisotopic (exact) mass is 456 g/mol. The predicted molar refractivity (Wildman–Crippen MR) is 118 cm³/mol. The molecular formula is C22H24N4O5S. The lowest BCUT2D eigenvalue weighted by atomic mass is 10.1. The molecule has 9 nitrogen and oxygen atoms in total. The second kappa shape index (κ2) is 8.62. The lowest BCUT2D eigenvalue weighted by Gasteiger charge is -2.35. The van der Waals surface area contributed by atoms with Crippen LogP contribution in [-0.4, -0.2) is 75.2 Å². The van der Waals surface area contributed by atoms with E-state index in [1.807, 2.05) is 0 Å². The van der Waals surface area contributed by atoms with E-state index >= 15 is 0 Å². The number of piperazine rings is 1. The van der Waals surface area contributed by atoms with E-state index < -0.39 is 16.1 Å². The molecule has 1 N–H and O–H groups in total. The van der Waals surface area contributed by atoms with Crippen molar-refractivity contribution in [3.8, 4) is 5.75 Å². The van der Waals surface area contributed by atoms with Crippen LogP contribution in [0.3, 0.4) is 0 Å². The van der Waals surface area contributed by atoms with Gasteiger partial charge in [-0.25, -0.2) is 8.42 Å². The van der Waals surface area contributed by atoms with Gasteiger partial charge in [0.15, 0.2) is 0 Å². The molecular weight excluding hydrogens is 432 g/mol. The molecule has 0 bridgehead atoms. The second-order valence-electron chi connectivity index (χ2n) is 7.60. The summed E-state index contributed by atoms with van der Waals surface area (Å²) < 4.78 is 32.1. The number of aliphatic imine (C=N–C) groups is 1.